The van der Waals surface area contributed by atoms with E-state index in [-0.39, 0.29) is 6.04 Å². The highest BCUT2D eigenvalue weighted by Gasteiger charge is 2.22. The van der Waals surface area contributed by atoms with Crippen LogP contribution >= 0.6 is 0 Å². The summed E-state index contributed by atoms with van der Waals surface area (Å²) in [4.78, 5) is 11.2. The summed E-state index contributed by atoms with van der Waals surface area (Å²) in [6, 6.07) is 7.80. The van der Waals surface area contributed by atoms with Crippen LogP contribution in [-0.4, -0.2) is 43.8 Å². The molecule has 1 aromatic carbocycles. The lowest BCUT2D eigenvalue weighted by atomic mass is 10.1. The minimum Gasteiger partial charge on any atom is -0.355 e. The van der Waals surface area contributed by atoms with Gasteiger partial charge in [-0.25, -0.2) is 18.1 Å². The average Bonchev–Trinajstić information content (AvgIpc) is 2.46. The summed E-state index contributed by atoms with van der Waals surface area (Å²) in [6.45, 7) is 1.56. The standard InChI is InChI=1S/C14H18N4O2S/c1-21(19,20)17-11-6-8-18(9-7-11)14-10-15-12-4-2-3-5-13(12)16-14/h2-5,10-11,17H,6-9H2,1H3. The van der Waals surface area contributed by atoms with Gasteiger partial charge in [0.15, 0.2) is 0 Å². The van der Waals surface area contributed by atoms with Gasteiger partial charge in [0.05, 0.1) is 23.5 Å². The molecule has 0 unspecified atom stereocenters. The van der Waals surface area contributed by atoms with Gasteiger partial charge in [-0.05, 0) is 25.0 Å². The highest BCUT2D eigenvalue weighted by atomic mass is 32.2. The van der Waals surface area contributed by atoms with E-state index in [1.807, 2.05) is 24.3 Å². The van der Waals surface area contributed by atoms with Crippen molar-refractivity contribution in [1.29, 1.82) is 0 Å². The van der Waals surface area contributed by atoms with E-state index in [0.717, 1.165) is 42.8 Å². The minimum absolute atomic E-state index is 0.0182. The van der Waals surface area contributed by atoms with Gasteiger partial charge in [-0.3, -0.25) is 4.98 Å². The maximum Gasteiger partial charge on any atom is 0.208 e. The Hall–Kier alpha value is -1.73. The third kappa shape index (κ3) is 3.48. The zero-order valence-electron chi connectivity index (χ0n) is 11.9. The molecule has 1 saturated heterocycles. The molecule has 1 fully saturated rings. The molecule has 0 spiro atoms. The maximum absolute atomic E-state index is 11.3. The van der Waals surface area contributed by atoms with Crippen molar-refractivity contribution in [2.75, 3.05) is 24.2 Å². The molecular weight excluding hydrogens is 288 g/mol. The van der Waals surface area contributed by atoms with E-state index in [4.69, 9.17) is 0 Å². The smallest absolute Gasteiger partial charge is 0.208 e. The molecule has 3 rings (SSSR count). The molecule has 21 heavy (non-hydrogen) atoms. The van der Waals surface area contributed by atoms with E-state index in [1.54, 1.807) is 6.20 Å². The van der Waals surface area contributed by atoms with Crippen LogP contribution < -0.4 is 9.62 Å². The van der Waals surface area contributed by atoms with E-state index in [0.29, 0.717) is 0 Å². The molecule has 0 atom stereocenters. The van der Waals surface area contributed by atoms with Gasteiger partial charge in [0.25, 0.3) is 0 Å². The van der Waals surface area contributed by atoms with Gasteiger partial charge >= 0.3 is 0 Å². The van der Waals surface area contributed by atoms with Crippen LogP contribution in [0.15, 0.2) is 30.5 Å². The number of aromatic nitrogens is 2. The SMILES string of the molecule is CS(=O)(=O)NC1CCN(c2cnc3ccccc3n2)CC1. The number of benzene rings is 1. The van der Waals surface area contributed by atoms with E-state index < -0.39 is 10.0 Å². The summed E-state index contributed by atoms with van der Waals surface area (Å²) in [5, 5.41) is 0. The molecule has 112 valence electrons. The summed E-state index contributed by atoms with van der Waals surface area (Å²) in [5.41, 5.74) is 1.77. The molecule has 1 aromatic heterocycles. The number of piperidine rings is 1. The first kappa shape index (κ1) is 14.2. The van der Waals surface area contributed by atoms with Gasteiger partial charge in [-0.2, -0.15) is 0 Å². The van der Waals surface area contributed by atoms with Gasteiger partial charge in [0, 0.05) is 19.1 Å². The fourth-order valence-corrected chi connectivity index (χ4v) is 3.47. The first-order valence-corrected chi connectivity index (χ1v) is 8.84. The topological polar surface area (TPSA) is 75.2 Å². The lowest BCUT2D eigenvalue weighted by Crippen LogP contribution is -2.44. The molecule has 1 aliphatic heterocycles. The van der Waals surface area contributed by atoms with E-state index in [1.165, 1.54) is 6.26 Å². The normalized spacial score (nSPS) is 17.3. The number of rotatable bonds is 3. The highest BCUT2D eigenvalue weighted by Crippen LogP contribution is 2.20. The van der Waals surface area contributed by atoms with Crippen LogP contribution in [0, 0.1) is 0 Å². The molecule has 2 aromatic rings. The fourth-order valence-electron chi connectivity index (χ4n) is 2.63. The quantitative estimate of drug-likeness (QED) is 0.920. The van der Waals surface area contributed by atoms with Crippen molar-refractivity contribution in [2.24, 2.45) is 0 Å². The summed E-state index contributed by atoms with van der Waals surface area (Å²) >= 11 is 0. The predicted octanol–water partition coefficient (Wildman–Crippen LogP) is 1.15. The van der Waals surface area contributed by atoms with Gasteiger partial charge < -0.3 is 4.90 Å². The van der Waals surface area contributed by atoms with Gasteiger partial charge in [-0.1, -0.05) is 12.1 Å². The van der Waals surface area contributed by atoms with Crippen molar-refractivity contribution < 1.29 is 8.42 Å². The van der Waals surface area contributed by atoms with Crippen molar-refractivity contribution in [2.45, 2.75) is 18.9 Å². The second kappa shape index (κ2) is 5.57. The van der Waals surface area contributed by atoms with Crippen LogP contribution in [0.4, 0.5) is 5.82 Å². The Morgan fingerprint density at radius 1 is 1.19 bits per heavy atom. The van der Waals surface area contributed by atoms with Crippen molar-refractivity contribution in [3.63, 3.8) is 0 Å². The summed E-state index contributed by atoms with van der Waals surface area (Å²) in [6.07, 6.45) is 4.55. The van der Waals surface area contributed by atoms with Crippen molar-refractivity contribution in [3.8, 4) is 0 Å². The first-order chi connectivity index (χ1) is 10.0. The van der Waals surface area contributed by atoms with Crippen molar-refractivity contribution in [3.05, 3.63) is 30.5 Å². The average molecular weight is 306 g/mol. The van der Waals surface area contributed by atoms with Crippen molar-refractivity contribution >= 4 is 26.9 Å². The van der Waals surface area contributed by atoms with Crippen LogP contribution in [0.2, 0.25) is 0 Å². The molecule has 1 aliphatic rings. The van der Waals surface area contributed by atoms with Crippen LogP contribution in [0.5, 0.6) is 0 Å². The number of sulfonamides is 1. The third-order valence-corrected chi connectivity index (χ3v) is 4.40. The molecule has 2 heterocycles. The molecule has 0 aliphatic carbocycles. The van der Waals surface area contributed by atoms with Crippen LogP contribution in [0.3, 0.4) is 0 Å². The molecule has 0 saturated carbocycles. The fraction of sp³-hybridized carbons (Fsp3) is 0.429. The Morgan fingerprint density at radius 2 is 1.86 bits per heavy atom. The van der Waals surface area contributed by atoms with Gasteiger partial charge in [-0.15, -0.1) is 0 Å². The number of anilines is 1. The summed E-state index contributed by atoms with van der Waals surface area (Å²) in [7, 11) is -3.13. The monoisotopic (exact) mass is 306 g/mol. The Balaban J connectivity index is 1.71. The van der Waals surface area contributed by atoms with E-state index >= 15 is 0 Å². The second-order valence-corrected chi connectivity index (χ2v) is 7.15. The van der Waals surface area contributed by atoms with Crippen molar-refractivity contribution in [1.82, 2.24) is 14.7 Å². The van der Waals surface area contributed by atoms with Gasteiger partial charge in [0.1, 0.15) is 5.82 Å². The summed E-state index contributed by atoms with van der Waals surface area (Å²) < 4.78 is 25.2. The minimum atomic E-state index is -3.13. The number of para-hydroxylation sites is 2. The number of hydrogen-bond donors (Lipinski definition) is 1. The number of fused-ring (bicyclic) bond motifs is 1. The predicted molar refractivity (Wildman–Crippen MR) is 82.8 cm³/mol. The maximum atomic E-state index is 11.3. The molecule has 6 nitrogen and oxygen atoms in total. The Kier molecular flexibility index (Phi) is 3.77. The van der Waals surface area contributed by atoms with E-state index in [2.05, 4.69) is 19.6 Å². The first-order valence-electron chi connectivity index (χ1n) is 6.95. The van der Waals surface area contributed by atoms with Crippen LogP contribution in [-0.2, 0) is 10.0 Å². The third-order valence-electron chi connectivity index (χ3n) is 3.64. The van der Waals surface area contributed by atoms with Gasteiger partial charge in [0.2, 0.25) is 10.0 Å². The Bertz CT molecular complexity index is 739. The lowest BCUT2D eigenvalue weighted by molar-refractivity contribution is 0.460. The number of hydrogen-bond acceptors (Lipinski definition) is 5. The molecular formula is C14H18N4O2S. The number of nitrogens with zero attached hydrogens (tertiary/aromatic N) is 3. The zero-order valence-corrected chi connectivity index (χ0v) is 12.7. The molecule has 0 radical (unpaired) electrons. The molecule has 0 amide bonds. The zero-order chi connectivity index (χ0) is 14.9. The Labute approximate surface area is 124 Å². The lowest BCUT2D eigenvalue weighted by Gasteiger charge is -2.32. The van der Waals surface area contributed by atoms with E-state index in [9.17, 15) is 8.42 Å². The Morgan fingerprint density at radius 3 is 2.52 bits per heavy atom. The highest BCUT2D eigenvalue weighted by molar-refractivity contribution is 7.88. The molecule has 1 N–H and O–H groups in total. The molecule has 0 bridgehead atoms. The number of nitrogens with one attached hydrogen (secondary N) is 1. The largest absolute Gasteiger partial charge is 0.355 e. The summed E-state index contributed by atoms with van der Waals surface area (Å²) in [5.74, 6) is 0.853. The van der Waals surface area contributed by atoms with Crippen LogP contribution in [0.1, 0.15) is 12.8 Å². The van der Waals surface area contributed by atoms with Crippen LogP contribution in [0.25, 0.3) is 11.0 Å². The molecule has 7 heteroatoms. The second-order valence-electron chi connectivity index (χ2n) is 5.37.